The topological polar surface area (TPSA) is 9.23 Å². The lowest BCUT2D eigenvalue weighted by atomic mass is 10.0. The second-order valence-electron chi connectivity index (χ2n) is 2.68. The molecule has 0 aromatic heterocycles. The van der Waals surface area contributed by atoms with Crippen LogP contribution in [-0.4, -0.2) is 20.0 Å². The predicted molar refractivity (Wildman–Crippen MR) is 53.2 cm³/mol. The summed E-state index contributed by atoms with van der Waals surface area (Å²) in [5.41, 5.74) is 0.0987. The van der Waals surface area contributed by atoms with Gasteiger partial charge in [0.05, 0.1) is 5.60 Å². The zero-order valence-electron chi connectivity index (χ0n) is 6.57. The lowest BCUT2D eigenvalue weighted by Crippen LogP contribution is -2.33. The molecular formula is C6H15IOSi. The quantitative estimate of drug-likeness (QED) is 0.421. The monoisotopic (exact) mass is 258 g/mol. The third kappa shape index (κ3) is 3.00. The molecule has 0 radical (unpaired) electrons. The molecular weight excluding hydrogens is 243 g/mol. The average molecular weight is 258 g/mol. The first kappa shape index (κ1) is 9.91. The van der Waals surface area contributed by atoms with Gasteiger partial charge in [0.1, 0.15) is 10.5 Å². The summed E-state index contributed by atoms with van der Waals surface area (Å²) in [6.45, 7) is 6.50. The van der Waals surface area contributed by atoms with E-state index < -0.39 is 0 Å². The Bertz CT molecular complexity index is 85.1. The SMILES string of the molecule is CCC(I)C(C)(C)O[SiH3]. The molecule has 0 saturated carbocycles. The van der Waals surface area contributed by atoms with Crippen LogP contribution in [-0.2, 0) is 4.43 Å². The molecule has 0 heterocycles. The van der Waals surface area contributed by atoms with Crippen molar-refractivity contribution in [3.05, 3.63) is 0 Å². The molecule has 0 aromatic rings. The van der Waals surface area contributed by atoms with Gasteiger partial charge in [-0.15, -0.1) is 0 Å². The van der Waals surface area contributed by atoms with E-state index in [1.165, 1.54) is 6.42 Å². The summed E-state index contributed by atoms with van der Waals surface area (Å²) in [5.74, 6) is 0. The molecule has 0 aliphatic heterocycles. The minimum Gasteiger partial charge on any atom is -0.422 e. The maximum absolute atomic E-state index is 5.42. The predicted octanol–water partition coefficient (Wildman–Crippen LogP) is 1.28. The van der Waals surface area contributed by atoms with Crippen LogP contribution in [0.1, 0.15) is 27.2 Å². The Morgan fingerprint density at radius 3 is 2.22 bits per heavy atom. The van der Waals surface area contributed by atoms with Crippen molar-refractivity contribution in [1.82, 2.24) is 0 Å². The van der Waals surface area contributed by atoms with Gasteiger partial charge in [0.25, 0.3) is 0 Å². The minimum atomic E-state index is 0.0987. The van der Waals surface area contributed by atoms with Gasteiger partial charge in [0.15, 0.2) is 0 Å². The fourth-order valence-electron chi connectivity index (χ4n) is 0.619. The van der Waals surface area contributed by atoms with Crippen LogP contribution in [0, 0.1) is 0 Å². The van der Waals surface area contributed by atoms with Gasteiger partial charge in [-0.1, -0.05) is 29.5 Å². The van der Waals surface area contributed by atoms with Crippen molar-refractivity contribution in [2.75, 3.05) is 0 Å². The van der Waals surface area contributed by atoms with E-state index in [9.17, 15) is 0 Å². The van der Waals surface area contributed by atoms with Crippen LogP contribution in [0.5, 0.6) is 0 Å². The van der Waals surface area contributed by atoms with Crippen molar-refractivity contribution in [1.29, 1.82) is 0 Å². The molecule has 3 heteroatoms. The van der Waals surface area contributed by atoms with E-state index in [1.807, 2.05) is 0 Å². The van der Waals surface area contributed by atoms with Gasteiger partial charge in [-0.2, -0.15) is 0 Å². The van der Waals surface area contributed by atoms with Crippen LogP contribution >= 0.6 is 22.6 Å². The van der Waals surface area contributed by atoms with Gasteiger partial charge in [-0.3, -0.25) is 0 Å². The normalized spacial score (nSPS) is 16.0. The van der Waals surface area contributed by atoms with Crippen LogP contribution in [0.15, 0.2) is 0 Å². The molecule has 0 bridgehead atoms. The van der Waals surface area contributed by atoms with Crippen LogP contribution in [0.2, 0.25) is 0 Å². The number of alkyl halides is 1. The highest BCUT2D eigenvalue weighted by atomic mass is 127. The zero-order valence-corrected chi connectivity index (χ0v) is 10.7. The van der Waals surface area contributed by atoms with Crippen molar-refractivity contribution in [3.63, 3.8) is 0 Å². The minimum absolute atomic E-state index is 0.0987. The number of rotatable bonds is 3. The Hall–Kier alpha value is 0.907. The van der Waals surface area contributed by atoms with Gasteiger partial charge >= 0.3 is 0 Å². The molecule has 0 aliphatic rings. The number of hydrogen-bond donors (Lipinski definition) is 0. The second kappa shape index (κ2) is 3.93. The summed E-state index contributed by atoms with van der Waals surface area (Å²) < 4.78 is 6.07. The second-order valence-corrected chi connectivity index (χ2v) is 4.60. The van der Waals surface area contributed by atoms with Gasteiger partial charge in [0, 0.05) is 3.92 Å². The third-order valence-corrected chi connectivity index (χ3v) is 5.07. The Balaban J connectivity index is 3.80. The van der Waals surface area contributed by atoms with Crippen LogP contribution in [0.4, 0.5) is 0 Å². The van der Waals surface area contributed by atoms with Crippen molar-refractivity contribution in [2.45, 2.75) is 36.7 Å². The van der Waals surface area contributed by atoms with E-state index in [2.05, 4.69) is 43.4 Å². The molecule has 1 nitrogen and oxygen atoms in total. The molecule has 0 amide bonds. The molecule has 0 fully saturated rings. The first-order valence-electron chi connectivity index (χ1n) is 3.23. The van der Waals surface area contributed by atoms with E-state index in [0.717, 1.165) is 10.5 Å². The van der Waals surface area contributed by atoms with E-state index >= 15 is 0 Å². The Kier molecular flexibility index (Phi) is 4.32. The van der Waals surface area contributed by atoms with Gasteiger partial charge in [0.2, 0.25) is 0 Å². The highest BCUT2D eigenvalue weighted by Gasteiger charge is 2.23. The molecule has 0 rings (SSSR count). The standard InChI is InChI=1S/C6H15IOSi/c1-4-5(7)6(2,3)8-9/h5H,4H2,1-3,9H3. The van der Waals surface area contributed by atoms with E-state index in [-0.39, 0.29) is 5.60 Å². The third-order valence-electron chi connectivity index (χ3n) is 1.64. The summed E-state index contributed by atoms with van der Waals surface area (Å²) in [4.78, 5) is 0. The average Bonchev–Trinajstić information content (AvgIpc) is 1.86. The van der Waals surface area contributed by atoms with Crippen molar-refractivity contribution in [3.8, 4) is 0 Å². The van der Waals surface area contributed by atoms with Gasteiger partial charge < -0.3 is 4.43 Å². The van der Waals surface area contributed by atoms with Crippen LogP contribution < -0.4 is 0 Å². The summed E-state index contributed by atoms with van der Waals surface area (Å²) >= 11 is 2.45. The number of halogens is 1. The summed E-state index contributed by atoms with van der Waals surface area (Å²) in [6, 6.07) is 0. The lowest BCUT2D eigenvalue weighted by molar-refractivity contribution is 0.124. The van der Waals surface area contributed by atoms with E-state index in [1.54, 1.807) is 0 Å². The zero-order chi connectivity index (χ0) is 7.49. The Labute approximate surface area is 74.2 Å². The summed E-state index contributed by atoms with van der Waals surface area (Å²) in [6.07, 6.45) is 1.19. The molecule has 0 aromatic carbocycles. The van der Waals surface area contributed by atoms with Crippen molar-refractivity contribution < 1.29 is 4.43 Å². The molecule has 1 unspecified atom stereocenters. The Morgan fingerprint density at radius 2 is 2.11 bits per heavy atom. The van der Waals surface area contributed by atoms with Crippen molar-refractivity contribution >= 4 is 33.1 Å². The molecule has 0 saturated heterocycles. The van der Waals surface area contributed by atoms with Crippen LogP contribution in [0.3, 0.4) is 0 Å². The molecule has 0 aliphatic carbocycles. The summed E-state index contributed by atoms with van der Waals surface area (Å²) in [7, 11) is 0.845. The van der Waals surface area contributed by atoms with E-state index in [4.69, 9.17) is 4.43 Å². The summed E-state index contributed by atoms with van der Waals surface area (Å²) in [5, 5.41) is 0. The number of hydrogen-bond acceptors (Lipinski definition) is 1. The molecule has 0 spiro atoms. The first-order chi connectivity index (χ1) is 4.04. The maximum atomic E-state index is 5.42. The van der Waals surface area contributed by atoms with Gasteiger partial charge in [-0.25, -0.2) is 0 Å². The molecule has 1 atom stereocenters. The van der Waals surface area contributed by atoms with E-state index in [0.29, 0.717) is 3.92 Å². The highest BCUT2D eigenvalue weighted by molar-refractivity contribution is 14.1. The largest absolute Gasteiger partial charge is 0.422 e. The first-order valence-corrected chi connectivity index (χ1v) is 5.30. The van der Waals surface area contributed by atoms with Crippen molar-refractivity contribution in [2.24, 2.45) is 0 Å². The van der Waals surface area contributed by atoms with Gasteiger partial charge in [-0.05, 0) is 20.3 Å². The lowest BCUT2D eigenvalue weighted by Gasteiger charge is -2.28. The molecule has 56 valence electrons. The van der Waals surface area contributed by atoms with Crippen LogP contribution in [0.25, 0.3) is 0 Å². The smallest absolute Gasteiger partial charge is 0.146 e. The highest BCUT2D eigenvalue weighted by Crippen LogP contribution is 2.23. The fourth-order valence-corrected chi connectivity index (χ4v) is 1.64. The Morgan fingerprint density at radius 1 is 1.67 bits per heavy atom. The molecule has 9 heavy (non-hydrogen) atoms. The fraction of sp³-hybridized carbons (Fsp3) is 1.00. The molecule has 0 N–H and O–H groups in total. The maximum Gasteiger partial charge on any atom is 0.146 e.